The van der Waals surface area contributed by atoms with E-state index in [-0.39, 0.29) is 12.6 Å². The fraction of sp³-hybridized carbons (Fsp3) is 0.583. The lowest BCUT2D eigenvalue weighted by atomic mass is 10.2. The van der Waals surface area contributed by atoms with E-state index in [2.05, 4.69) is 0 Å². The molecule has 18 heavy (non-hydrogen) atoms. The molecule has 0 saturated carbocycles. The van der Waals surface area contributed by atoms with Crippen LogP contribution in [0.25, 0.3) is 0 Å². The van der Waals surface area contributed by atoms with E-state index in [1.165, 1.54) is 11.2 Å². The van der Waals surface area contributed by atoms with Gasteiger partial charge in [0.1, 0.15) is 5.76 Å². The van der Waals surface area contributed by atoms with Crippen LogP contribution in [0.15, 0.2) is 22.8 Å². The molecule has 1 fully saturated rings. The molecule has 1 aliphatic rings. The topological polar surface area (TPSA) is 42.7 Å². The Kier molecular flexibility index (Phi) is 4.60. The third-order valence-corrected chi connectivity index (χ3v) is 3.06. The van der Waals surface area contributed by atoms with Crippen molar-refractivity contribution < 1.29 is 18.3 Å². The molecule has 1 aromatic heterocycles. The molecule has 1 amide bonds. The van der Waals surface area contributed by atoms with E-state index in [1.54, 1.807) is 12.1 Å². The first-order valence-corrected chi connectivity index (χ1v) is 6.31. The van der Waals surface area contributed by atoms with Crippen molar-refractivity contribution in [3.8, 4) is 0 Å². The predicted molar refractivity (Wildman–Crippen MR) is 63.8 cm³/mol. The predicted octanol–water partition coefficient (Wildman–Crippen LogP) is 2.32. The summed E-state index contributed by atoms with van der Waals surface area (Å²) < 4.78 is 23.6. The highest BCUT2D eigenvalue weighted by Crippen LogP contribution is 2.17. The summed E-state index contributed by atoms with van der Waals surface area (Å²) in [5.41, 5.74) is -2.03. The monoisotopic (exact) mass is 275 g/mol. The Morgan fingerprint density at radius 2 is 2.50 bits per heavy atom. The Bertz CT molecular complexity index is 377. The third-order valence-electron chi connectivity index (χ3n) is 2.87. The zero-order valence-electron chi connectivity index (χ0n) is 9.85. The summed E-state index contributed by atoms with van der Waals surface area (Å²) in [6.07, 6.45) is 3.31. The van der Waals surface area contributed by atoms with Gasteiger partial charge in [0.25, 0.3) is 11.5 Å². The fourth-order valence-electron chi connectivity index (χ4n) is 2.00. The smallest absolute Gasteiger partial charge is 0.273 e. The van der Waals surface area contributed by atoms with Gasteiger partial charge in [-0.2, -0.15) is 0 Å². The molecule has 100 valence electrons. The van der Waals surface area contributed by atoms with Crippen molar-refractivity contribution >= 4 is 17.5 Å². The highest BCUT2D eigenvalue weighted by atomic mass is 35.5. The van der Waals surface area contributed by atoms with Crippen LogP contribution in [0.2, 0.25) is 0 Å². The second-order valence-electron chi connectivity index (χ2n) is 4.23. The van der Waals surface area contributed by atoms with E-state index in [9.17, 15) is 9.18 Å². The van der Waals surface area contributed by atoms with Gasteiger partial charge < -0.3 is 14.1 Å². The summed E-state index contributed by atoms with van der Waals surface area (Å²) >= 11 is 5.22. The van der Waals surface area contributed by atoms with Gasteiger partial charge in [0.15, 0.2) is 0 Å². The highest BCUT2D eigenvalue weighted by Gasteiger charge is 2.27. The van der Waals surface area contributed by atoms with Gasteiger partial charge in [0.05, 0.1) is 18.9 Å². The molecule has 2 unspecified atom stereocenters. The maximum Gasteiger partial charge on any atom is 0.273 e. The Balaban J connectivity index is 1.99. The first-order valence-electron chi connectivity index (χ1n) is 5.87. The van der Waals surface area contributed by atoms with E-state index < -0.39 is 11.5 Å². The number of amides is 1. The van der Waals surface area contributed by atoms with Crippen LogP contribution in [0.5, 0.6) is 0 Å². The lowest BCUT2D eigenvalue weighted by Crippen LogP contribution is -2.39. The molecular formula is C12H15ClFNO3. The number of carbonyl (C=O) groups excluding carboxylic acids is 1. The molecule has 1 aromatic rings. The molecule has 4 nitrogen and oxygen atoms in total. The molecule has 0 aromatic carbocycles. The number of halogens is 2. The standard InChI is InChI=1S/C12H15ClFNO3/c13-11(14)12(16)15(7-9-3-1-5-17-9)8-10-4-2-6-18-10/h1,3,5,10-11H,2,4,6-8H2. The van der Waals surface area contributed by atoms with Crippen LogP contribution in [0.1, 0.15) is 18.6 Å². The van der Waals surface area contributed by atoms with Crippen LogP contribution in [0.4, 0.5) is 4.39 Å². The molecule has 0 bridgehead atoms. The lowest BCUT2D eigenvalue weighted by Gasteiger charge is -2.24. The second kappa shape index (κ2) is 6.20. The van der Waals surface area contributed by atoms with Crippen LogP contribution < -0.4 is 0 Å². The quantitative estimate of drug-likeness (QED) is 0.775. The summed E-state index contributed by atoms with van der Waals surface area (Å²) in [4.78, 5) is 13.0. The van der Waals surface area contributed by atoms with Crippen molar-refractivity contribution in [1.82, 2.24) is 4.90 Å². The molecule has 2 rings (SSSR count). The van der Waals surface area contributed by atoms with Gasteiger partial charge in [0.2, 0.25) is 0 Å². The number of rotatable bonds is 5. The number of alkyl halides is 2. The van der Waals surface area contributed by atoms with E-state index in [1.807, 2.05) is 0 Å². The minimum Gasteiger partial charge on any atom is -0.467 e. The van der Waals surface area contributed by atoms with Gasteiger partial charge in [-0.05, 0) is 25.0 Å². The molecule has 0 spiro atoms. The zero-order chi connectivity index (χ0) is 13.0. The second-order valence-corrected chi connectivity index (χ2v) is 4.62. The molecule has 0 aliphatic carbocycles. The Morgan fingerprint density at radius 1 is 1.67 bits per heavy atom. The number of ether oxygens (including phenoxy) is 1. The molecule has 1 saturated heterocycles. The van der Waals surface area contributed by atoms with Crippen molar-refractivity contribution in [1.29, 1.82) is 0 Å². The average molecular weight is 276 g/mol. The summed E-state index contributed by atoms with van der Waals surface area (Å²) in [5.74, 6) is -0.151. The molecular weight excluding hydrogens is 261 g/mol. The minimum atomic E-state index is -2.03. The van der Waals surface area contributed by atoms with E-state index in [0.29, 0.717) is 18.9 Å². The SMILES string of the molecule is O=C(C(F)Cl)N(Cc1ccco1)CC1CCCO1. The van der Waals surface area contributed by atoms with Crippen molar-refractivity contribution in [2.45, 2.75) is 31.1 Å². The summed E-state index contributed by atoms with van der Waals surface area (Å²) in [5, 5.41) is 0. The maximum atomic E-state index is 13.0. The van der Waals surface area contributed by atoms with Crippen molar-refractivity contribution in [2.24, 2.45) is 0 Å². The van der Waals surface area contributed by atoms with Gasteiger partial charge in [-0.15, -0.1) is 0 Å². The first-order chi connectivity index (χ1) is 8.66. The number of carbonyl (C=O) groups is 1. The van der Waals surface area contributed by atoms with E-state index in [4.69, 9.17) is 20.8 Å². The Labute approximate surface area is 110 Å². The minimum absolute atomic E-state index is 0.0423. The number of furan rings is 1. The molecule has 2 heterocycles. The Hall–Kier alpha value is -1.07. The zero-order valence-corrected chi connectivity index (χ0v) is 10.6. The molecule has 2 atom stereocenters. The van der Waals surface area contributed by atoms with Crippen molar-refractivity contribution in [3.63, 3.8) is 0 Å². The van der Waals surface area contributed by atoms with Crippen molar-refractivity contribution in [3.05, 3.63) is 24.2 Å². The van der Waals surface area contributed by atoms with Gasteiger partial charge in [-0.3, -0.25) is 4.79 Å². The van der Waals surface area contributed by atoms with Crippen LogP contribution in [0.3, 0.4) is 0 Å². The van der Waals surface area contributed by atoms with E-state index >= 15 is 0 Å². The van der Waals surface area contributed by atoms with Gasteiger partial charge in [0, 0.05) is 13.2 Å². The van der Waals surface area contributed by atoms with Gasteiger partial charge in [-0.25, -0.2) is 4.39 Å². The first kappa shape index (κ1) is 13.4. The van der Waals surface area contributed by atoms with Crippen LogP contribution in [-0.4, -0.2) is 35.7 Å². The number of nitrogens with zero attached hydrogens (tertiary/aromatic N) is 1. The summed E-state index contributed by atoms with van der Waals surface area (Å²) in [6, 6.07) is 3.45. The molecule has 0 N–H and O–H groups in total. The molecule has 0 radical (unpaired) electrons. The largest absolute Gasteiger partial charge is 0.467 e. The summed E-state index contributed by atoms with van der Waals surface area (Å²) in [6.45, 7) is 1.24. The average Bonchev–Trinajstić information content (AvgIpc) is 2.99. The Morgan fingerprint density at radius 3 is 3.06 bits per heavy atom. The normalized spacial score (nSPS) is 20.9. The van der Waals surface area contributed by atoms with Gasteiger partial charge >= 0.3 is 0 Å². The van der Waals surface area contributed by atoms with Crippen LogP contribution in [0, 0.1) is 0 Å². The molecule has 1 aliphatic heterocycles. The van der Waals surface area contributed by atoms with Gasteiger partial charge in [-0.1, -0.05) is 11.6 Å². The van der Waals surface area contributed by atoms with Crippen molar-refractivity contribution in [2.75, 3.05) is 13.2 Å². The third kappa shape index (κ3) is 3.46. The maximum absolute atomic E-state index is 13.0. The van der Waals surface area contributed by atoms with Crippen LogP contribution in [-0.2, 0) is 16.1 Å². The number of hydrogen-bond donors (Lipinski definition) is 0. The fourth-order valence-corrected chi connectivity index (χ4v) is 2.13. The van der Waals surface area contributed by atoms with E-state index in [0.717, 1.165) is 12.8 Å². The summed E-state index contributed by atoms with van der Waals surface area (Å²) in [7, 11) is 0. The number of hydrogen-bond acceptors (Lipinski definition) is 3. The highest BCUT2D eigenvalue weighted by molar-refractivity contribution is 6.29. The lowest BCUT2D eigenvalue weighted by molar-refractivity contribution is -0.136. The van der Waals surface area contributed by atoms with Crippen LogP contribution >= 0.6 is 11.6 Å². The molecule has 6 heteroatoms.